The molecule has 1 N–H and O–H groups in total. The van der Waals surface area contributed by atoms with Gasteiger partial charge in [0.05, 0.1) is 19.8 Å². The maximum atomic E-state index is 12.9. The van der Waals surface area contributed by atoms with Crippen LogP contribution in [-0.4, -0.2) is 27.6 Å². The van der Waals surface area contributed by atoms with Crippen LogP contribution in [0.4, 0.5) is 0 Å². The predicted molar refractivity (Wildman–Crippen MR) is 93.0 cm³/mol. The lowest BCUT2D eigenvalue weighted by Gasteiger charge is -2.24. The van der Waals surface area contributed by atoms with E-state index in [1.165, 1.54) is 6.07 Å². The summed E-state index contributed by atoms with van der Waals surface area (Å²) in [5.41, 5.74) is 1.08. The first-order chi connectivity index (χ1) is 11.5. The third-order valence-electron chi connectivity index (χ3n) is 4.61. The Morgan fingerprint density at radius 3 is 2.83 bits per heavy atom. The summed E-state index contributed by atoms with van der Waals surface area (Å²) in [7, 11) is -3.76. The van der Waals surface area contributed by atoms with Gasteiger partial charge >= 0.3 is 0 Å². The van der Waals surface area contributed by atoms with Crippen LogP contribution in [0.1, 0.15) is 17.9 Å². The molecule has 4 nitrogen and oxygen atoms in total. The molecule has 0 saturated carbocycles. The molecule has 1 fully saturated rings. The summed E-state index contributed by atoms with van der Waals surface area (Å²) < 4.78 is 31.8. The summed E-state index contributed by atoms with van der Waals surface area (Å²) in [6, 6.07) is 9.68. The molecule has 2 aliphatic rings. The molecular formula is C17H15Cl2NO3S. The molecule has 0 aliphatic carbocycles. The first-order valence-electron chi connectivity index (χ1n) is 7.69. The molecule has 0 bridgehead atoms. The van der Waals surface area contributed by atoms with Gasteiger partial charge in [0.2, 0.25) is 9.84 Å². The van der Waals surface area contributed by atoms with Crippen molar-refractivity contribution in [3.05, 3.63) is 52.0 Å². The molecule has 2 heterocycles. The second-order valence-corrected chi connectivity index (χ2v) is 8.71. The van der Waals surface area contributed by atoms with E-state index in [2.05, 4.69) is 5.32 Å². The largest absolute Gasteiger partial charge is 0.488 e. The highest BCUT2D eigenvalue weighted by Crippen LogP contribution is 2.43. The van der Waals surface area contributed by atoms with Gasteiger partial charge in [0.15, 0.2) is 0 Å². The number of sulfone groups is 1. The molecule has 2 aliphatic heterocycles. The van der Waals surface area contributed by atoms with Gasteiger partial charge in [0.25, 0.3) is 0 Å². The van der Waals surface area contributed by atoms with E-state index in [0.717, 1.165) is 25.1 Å². The Kier molecular flexibility index (Phi) is 4.00. The normalized spacial score (nSPS) is 22.6. The summed E-state index contributed by atoms with van der Waals surface area (Å²) in [5.74, 6) is 0.973. The smallest absolute Gasteiger partial charge is 0.208 e. The molecule has 4 rings (SSSR count). The molecule has 0 radical (unpaired) electrons. The first kappa shape index (κ1) is 16.2. The molecule has 0 amide bonds. The molecule has 1 saturated heterocycles. The van der Waals surface area contributed by atoms with Crippen LogP contribution in [-0.2, 0) is 9.84 Å². The first-order valence-corrected chi connectivity index (χ1v) is 9.93. The monoisotopic (exact) mass is 383 g/mol. The summed E-state index contributed by atoms with van der Waals surface area (Å²) in [6.45, 7) is 1.73. The maximum Gasteiger partial charge on any atom is 0.208 e. The Morgan fingerprint density at radius 2 is 2.00 bits per heavy atom. The maximum absolute atomic E-state index is 12.9. The molecule has 7 heteroatoms. The van der Waals surface area contributed by atoms with Crippen molar-refractivity contribution in [2.75, 3.05) is 13.1 Å². The minimum Gasteiger partial charge on any atom is -0.488 e. The number of halogens is 2. The number of rotatable bonds is 2. The van der Waals surface area contributed by atoms with Crippen LogP contribution in [0, 0.1) is 0 Å². The molecule has 2 aromatic rings. The van der Waals surface area contributed by atoms with E-state index in [0.29, 0.717) is 11.7 Å². The van der Waals surface area contributed by atoms with Crippen molar-refractivity contribution in [1.82, 2.24) is 5.32 Å². The fraction of sp³-hybridized carbons (Fsp3) is 0.294. The quantitative estimate of drug-likeness (QED) is 0.859. The molecule has 2 atom stereocenters. The number of fused-ring (bicyclic) bond motifs is 3. The Hall–Kier alpha value is -1.27. The molecule has 0 spiro atoms. The van der Waals surface area contributed by atoms with Gasteiger partial charge in [-0.2, -0.15) is 0 Å². The van der Waals surface area contributed by atoms with Crippen molar-refractivity contribution >= 4 is 33.0 Å². The lowest BCUT2D eigenvalue weighted by molar-refractivity contribution is 0.176. The van der Waals surface area contributed by atoms with Gasteiger partial charge in [-0.1, -0.05) is 35.3 Å². The lowest BCUT2D eigenvalue weighted by Crippen LogP contribution is -2.39. The van der Waals surface area contributed by atoms with Gasteiger partial charge in [-0.25, -0.2) is 8.42 Å². The van der Waals surface area contributed by atoms with E-state index < -0.39 is 9.84 Å². The molecule has 126 valence electrons. The lowest BCUT2D eigenvalue weighted by atomic mass is 9.90. The highest BCUT2D eigenvalue weighted by molar-refractivity contribution is 7.91. The van der Waals surface area contributed by atoms with Crippen LogP contribution in [0.25, 0.3) is 0 Å². The van der Waals surface area contributed by atoms with Crippen molar-refractivity contribution in [2.45, 2.75) is 28.2 Å². The Balaban J connectivity index is 1.77. The highest BCUT2D eigenvalue weighted by atomic mass is 35.5. The van der Waals surface area contributed by atoms with Crippen LogP contribution < -0.4 is 10.1 Å². The topological polar surface area (TPSA) is 55.4 Å². The van der Waals surface area contributed by atoms with Gasteiger partial charge in [-0.05, 0) is 37.2 Å². The molecular weight excluding hydrogens is 369 g/mol. The van der Waals surface area contributed by atoms with Crippen molar-refractivity contribution in [3.63, 3.8) is 0 Å². The van der Waals surface area contributed by atoms with Gasteiger partial charge in [-0.15, -0.1) is 0 Å². The van der Waals surface area contributed by atoms with Crippen LogP contribution in [0.15, 0.2) is 46.2 Å². The Bertz CT molecular complexity index is 914. The third-order valence-corrected chi connectivity index (χ3v) is 7.33. The summed E-state index contributed by atoms with van der Waals surface area (Å²) in [5, 5.41) is 3.56. The van der Waals surface area contributed by atoms with E-state index >= 15 is 0 Å². The number of nitrogens with one attached hydrogen (secondary N) is 1. The Labute approximate surface area is 150 Å². The van der Waals surface area contributed by atoms with Gasteiger partial charge in [0, 0.05) is 18.0 Å². The van der Waals surface area contributed by atoms with E-state index in [1.807, 2.05) is 6.07 Å². The summed E-state index contributed by atoms with van der Waals surface area (Å²) in [4.78, 5) is 0.172. The highest BCUT2D eigenvalue weighted by Gasteiger charge is 2.37. The molecule has 24 heavy (non-hydrogen) atoms. The predicted octanol–water partition coefficient (Wildman–Crippen LogP) is 3.66. The van der Waals surface area contributed by atoms with Crippen LogP contribution >= 0.6 is 23.2 Å². The van der Waals surface area contributed by atoms with Crippen LogP contribution in [0.3, 0.4) is 0 Å². The minimum absolute atomic E-state index is 0.00805. The molecule has 2 unspecified atom stereocenters. The number of hydrogen-bond donors (Lipinski definition) is 1. The van der Waals surface area contributed by atoms with Crippen LogP contribution in [0.5, 0.6) is 5.75 Å². The number of piperidine rings is 1. The van der Waals surface area contributed by atoms with Crippen molar-refractivity contribution in [1.29, 1.82) is 0 Å². The van der Waals surface area contributed by atoms with Crippen LogP contribution in [0.2, 0.25) is 10.0 Å². The van der Waals surface area contributed by atoms with Gasteiger partial charge in [-0.3, -0.25) is 0 Å². The van der Waals surface area contributed by atoms with E-state index in [4.69, 9.17) is 27.9 Å². The van der Waals surface area contributed by atoms with E-state index in [1.54, 1.807) is 24.3 Å². The zero-order chi connectivity index (χ0) is 16.9. The number of ether oxygens (including phenoxy) is 1. The Morgan fingerprint density at radius 1 is 1.17 bits per heavy atom. The fourth-order valence-electron chi connectivity index (χ4n) is 3.38. The van der Waals surface area contributed by atoms with E-state index in [9.17, 15) is 8.42 Å². The number of benzene rings is 2. The molecule has 0 aromatic heterocycles. The number of hydrogen-bond acceptors (Lipinski definition) is 4. The average Bonchev–Trinajstić information content (AvgIpc) is 2.95. The van der Waals surface area contributed by atoms with E-state index in [-0.39, 0.29) is 25.9 Å². The second-order valence-electron chi connectivity index (χ2n) is 6.01. The second kappa shape index (κ2) is 5.92. The zero-order valence-electron chi connectivity index (χ0n) is 12.6. The SMILES string of the molecule is O=S(=O)(c1ccc2c(c1)OC1CNCCC21)c1cccc(Cl)c1Cl. The standard InChI is InChI=1S/C17H15Cl2NO3S/c18-13-2-1-3-16(17(13)19)24(21,22)10-4-5-11-12-6-7-20-9-15(12)23-14(11)8-10/h1-5,8,12,15,20H,6-7,9H2. The molecule has 2 aromatic carbocycles. The zero-order valence-corrected chi connectivity index (χ0v) is 15.0. The van der Waals surface area contributed by atoms with Gasteiger partial charge < -0.3 is 10.1 Å². The summed E-state index contributed by atoms with van der Waals surface area (Å²) >= 11 is 12.0. The average molecular weight is 384 g/mol. The fourth-order valence-corrected chi connectivity index (χ4v) is 5.41. The third kappa shape index (κ3) is 2.51. The van der Waals surface area contributed by atoms with Crippen molar-refractivity contribution in [2.24, 2.45) is 0 Å². The van der Waals surface area contributed by atoms with Crippen molar-refractivity contribution < 1.29 is 13.2 Å². The van der Waals surface area contributed by atoms with Gasteiger partial charge in [0.1, 0.15) is 11.9 Å². The summed E-state index contributed by atoms with van der Waals surface area (Å²) in [6.07, 6.45) is 1.06. The van der Waals surface area contributed by atoms with Crippen molar-refractivity contribution in [3.8, 4) is 5.75 Å². The minimum atomic E-state index is -3.76.